The third-order valence-corrected chi connectivity index (χ3v) is 6.17. The zero-order valence-corrected chi connectivity index (χ0v) is 19.3. The highest BCUT2D eigenvalue weighted by Gasteiger charge is 2.25. The number of hydrogen-bond donors (Lipinski definition) is 1. The highest BCUT2D eigenvalue weighted by Crippen LogP contribution is 2.21. The molecule has 0 radical (unpaired) electrons. The fraction of sp³-hybridized carbons (Fsp3) is 0.417. The molecule has 0 heterocycles. The number of carbonyl (C=O) groups is 2. The average molecular weight is 447 g/mol. The van der Waals surface area contributed by atoms with Gasteiger partial charge in [-0.15, -0.1) is 11.8 Å². The fourth-order valence-corrected chi connectivity index (χ4v) is 4.03. The number of hydrogen-bond acceptors (Lipinski definition) is 3. The van der Waals surface area contributed by atoms with Crippen LogP contribution in [0.3, 0.4) is 0 Å². The SMILES string of the molecule is CCCNC(=O)[C@@H](C)N(CCc1ccccc1)C(=O)CCCSc1ccc(Cl)cc1. The lowest BCUT2D eigenvalue weighted by molar-refractivity contribution is -0.139. The van der Waals surface area contributed by atoms with Crippen molar-refractivity contribution in [1.29, 1.82) is 0 Å². The Morgan fingerprint density at radius 3 is 2.47 bits per heavy atom. The molecule has 30 heavy (non-hydrogen) atoms. The second kappa shape index (κ2) is 13.3. The van der Waals surface area contributed by atoms with Crippen molar-refractivity contribution in [2.75, 3.05) is 18.8 Å². The molecule has 0 saturated heterocycles. The molecule has 0 aliphatic carbocycles. The number of nitrogens with one attached hydrogen (secondary N) is 1. The first kappa shape index (κ1) is 24.3. The van der Waals surface area contributed by atoms with Gasteiger partial charge in [0.1, 0.15) is 6.04 Å². The van der Waals surface area contributed by atoms with E-state index in [1.165, 1.54) is 0 Å². The lowest BCUT2D eigenvalue weighted by Crippen LogP contribution is -2.48. The summed E-state index contributed by atoms with van der Waals surface area (Å²) < 4.78 is 0. The molecule has 0 unspecified atom stereocenters. The van der Waals surface area contributed by atoms with Crippen LogP contribution < -0.4 is 5.32 Å². The Bertz CT molecular complexity index is 784. The molecule has 0 aliphatic heterocycles. The van der Waals surface area contributed by atoms with E-state index in [0.29, 0.717) is 19.5 Å². The number of benzene rings is 2. The van der Waals surface area contributed by atoms with Gasteiger partial charge in [0.15, 0.2) is 0 Å². The van der Waals surface area contributed by atoms with Gasteiger partial charge in [-0.1, -0.05) is 48.9 Å². The molecule has 2 aromatic rings. The molecule has 2 aromatic carbocycles. The molecule has 1 atom stereocenters. The minimum absolute atomic E-state index is 0.0294. The van der Waals surface area contributed by atoms with Gasteiger partial charge in [-0.3, -0.25) is 9.59 Å². The Kier molecular flexibility index (Phi) is 10.8. The normalized spacial score (nSPS) is 11.7. The molecule has 1 N–H and O–H groups in total. The van der Waals surface area contributed by atoms with Crippen LogP contribution in [0.5, 0.6) is 0 Å². The summed E-state index contributed by atoms with van der Waals surface area (Å²) in [6.07, 6.45) is 2.80. The largest absolute Gasteiger partial charge is 0.354 e. The lowest BCUT2D eigenvalue weighted by atomic mass is 10.1. The molecule has 2 amide bonds. The van der Waals surface area contributed by atoms with E-state index in [0.717, 1.165) is 40.5 Å². The summed E-state index contributed by atoms with van der Waals surface area (Å²) >= 11 is 7.63. The van der Waals surface area contributed by atoms with Crippen LogP contribution in [0.25, 0.3) is 0 Å². The maximum absolute atomic E-state index is 13.0. The predicted molar refractivity (Wildman–Crippen MR) is 126 cm³/mol. The quantitative estimate of drug-likeness (QED) is 0.360. The Morgan fingerprint density at radius 2 is 1.80 bits per heavy atom. The smallest absolute Gasteiger partial charge is 0.242 e. The Labute approximate surface area is 189 Å². The van der Waals surface area contributed by atoms with Crippen molar-refractivity contribution < 1.29 is 9.59 Å². The Hall–Kier alpha value is -1.98. The van der Waals surface area contributed by atoms with Gasteiger partial charge < -0.3 is 10.2 Å². The van der Waals surface area contributed by atoms with Crippen LogP contribution in [0.4, 0.5) is 0 Å². The predicted octanol–water partition coefficient (Wildman–Crippen LogP) is 5.20. The second-order valence-corrected chi connectivity index (χ2v) is 8.80. The molecule has 4 nitrogen and oxygen atoms in total. The lowest BCUT2D eigenvalue weighted by Gasteiger charge is -2.29. The zero-order chi connectivity index (χ0) is 21.8. The number of rotatable bonds is 12. The summed E-state index contributed by atoms with van der Waals surface area (Å²) in [7, 11) is 0. The van der Waals surface area contributed by atoms with Gasteiger partial charge >= 0.3 is 0 Å². The summed E-state index contributed by atoms with van der Waals surface area (Å²) in [4.78, 5) is 28.3. The third kappa shape index (κ3) is 8.41. The van der Waals surface area contributed by atoms with E-state index in [-0.39, 0.29) is 11.8 Å². The number of nitrogens with zero attached hydrogens (tertiary/aromatic N) is 1. The molecule has 162 valence electrons. The second-order valence-electron chi connectivity index (χ2n) is 7.20. The van der Waals surface area contributed by atoms with E-state index in [2.05, 4.69) is 5.32 Å². The minimum atomic E-state index is -0.475. The van der Waals surface area contributed by atoms with E-state index >= 15 is 0 Å². The van der Waals surface area contributed by atoms with Crippen LogP contribution in [-0.2, 0) is 16.0 Å². The third-order valence-electron chi connectivity index (χ3n) is 4.82. The van der Waals surface area contributed by atoms with Crippen LogP contribution in [0.2, 0.25) is 5.02 Å². The molecule has 2 rings (SSSR count). The molecule has 0 fully saturated rings. The first-order valence-electron chi connectivity index (χ1n) is 10.5. The van der Waals surface area contributed by atoms with Crippen molar-refractivity contribution in [2.24, 2.45) is 0 Å². The van der Waals surface area contributed by atoms with Crippen LogP contribution in [0.1, 0.15) is 38.7 Å². The van der Waals surface area contributed by atoms with Crippen molar-refractivity contribution in [3.8, 4) is 0 Å². The van der Waals surface area contributed by atoms with E-state index in [1.807, 2.05) is 68.4 Å². The van der Waals surface area contributed by atoms with Gasteiger partial charge in [-0.2, -0.15) is 0 Å². The summed E-state index contributed by atoms with van der Waals surface area (Å²) in [5.74, 6) is 0.784. The van der Waals surface area contributed by atoms with Crippen LogP contribution in [0.15, 0.2) is 59.5 Å². The minimum Gasteiger partial charge on any atom is -0.354 e. The maximum atomic E-state index is 13.0. The van der Waals surface area contributed by atoms with Crippen molar-refractivity contribution in [1.82, 2.24) is 10.2 Å². The van der Waals surface area contributed by atoms with Gasteiger partial charge in [-0.25, -0.2) is 0 Å². The first-order valence-corrected chi connectivity index (χ1v) is 11.9. The summed E-state index contributed by atoms with van der Waals surface area (Å²) in [5, 5.41) is 3.63. The molecular formula is C24H31ClN2O2S. The van der Waals surface area contributed by atoms with Crippen LogP contribution in [0, 0.1) is 0 Å². The number of carbonyl (C=O) groups excluding carboxylic acids is 2. The van der Waals surface area contributed by atoms with E-state index < -0.39 is 6.04 Å². The van der Waals surface area contributed by atoms with E-state index in [1.54, 1.807) is 16.7 Å². The van der Waals surface area contributed by atoms with Crippen LogP contribution >= 0.6 is 23.4 Å². The van der Waals surface area contributed by atoms with E-state index in [4.69, 9.17) is 11.6 Å². The fourth-order valence-electron chi connectivity index (χ4n) is 3.05. The van der Waals surface area contributed by atoms with E-state index in [9.17, 15) is 9.59 Å². The zero-order valence-electron chi connectivity index (χ0n) is 17.8. The first-order chi connectivity index (χ1) is 14.5. The summed E-state index contributed by atoms with van der Waals surface area (Å²) in [5.41, 5.74) is 1.16. The van der Waals surface area contributed by atoms with Gasteiger partial charge in [0.2, 0.25) is 11.8 Å². The van der Waals surface area contributed by atoms with Crippen molar-refractivity contribution in [2.45, 2.75) is 50.5 Å². The van der Waals surface area contributed by atoms with Gasteiger partial charge in [0.25, 0.3) is 0 Å². The maximum Gasteiger partial charge on any atom is 0.242 e. The van der Waals surface area contributed by atoms with Crippen molar-refractivity contribution >= 4 is 35.2 Å². The standard InChI is InChI=1S/C24H31ClN2O2S/c1-3-16-26-24(29)19(2)27(17-15-20-8-5-4-6-9-20)23(28)10-7-18-30-22-13-11-21(25)12-14-22/h4-6,8-9,11-14,19H,3,7,10,15-18H2,1-2H3,(H,26,29)/t19-/m1/s1. The molecule has 0 aliphatic rings. The molecule has 6 heteroatoms. The highest BCUT2D eigenvalue weighted by atomic mass is 35.5. The summed E-state index contributed by atoms with van der Waals surface area (Å²) in [6, 6.07) is 17.3. The van der Waals surface area contributed by atoms with Crippen LogP contribution in [-0.4, -0.2) is 41.6 Å². The van der Waals surface area contributed by atoms with Crippen molar-refractivity contribution in [3.63, 3.8) is 0 Å². The monoisotopic (exact) mass is 446 g/mol. The average Bonchev–Trinajstić information content (AvgIpc) is 2.77. The van der Waals surface area contributed by atoms with Gasteiger partial charge in [0, 0.05) is 29.4 Å². The molecular weight excluding hydrogens is 416 g/mol. The number of halogens is 1. The topological polar surface area (TPSA) is 49.4 Å². The van der Waals surface area contributed by atoms with Gasteiger partial charge in [0.05, 0.1) is 0 Å². The number of amides is 2. The Morgan fingerprint density at radius 1 is 1.10 bits per heavy atom. The molecule has 0 bridgehead atoms. The van der Waals surface area contributed by atoms with Crippen molar-refractivity contribution in [3.05, 3.63) is 65.2 Å². The number of thioether (sulfide) groups is 1. The molecule has 0 spiro atoms. The molecule has 0 saturated carbocycles. The molecule has 0 aromatic heterocycles. The summed E-state index contributed by atoms with van der Waals surface area (Å²) in [6.45, 7) is 4.99. The highest BCUT2D eigenvalue weighted by molar-refractivity contribution is 7.99. The van der Waals surface area contributed by atoms with Gasteiger partial charge in [-0.05, 0) is 61.8 Å². The Balaban J connectivity index is 1.90.